The lowest BCUT2D eigenvalue weighted by Crippen LogP contribution is -2.19. The molecule has 2 heteroatoms. The van der Waals surface area contributed by atoms with Crippen LogP contribution in [0.3, 0.4) is 0 Å². The largest absolute Gasteiger partial charge is 0.393 e. The summed E-state index contributed by atoms with van der Waals surface area (Å²) in [4.78, 5) is 0. The molecule has 0 spiro atoms. The Labute approximate surface area is 78.2 Å². The predicted octanol–water partition coefficient (Wildman–Crippen LogP) is 1.55. The third-order valence-electron chi connectivity index (χ3n) is 2.90. The number of aliphatic hydroxyl groups excluding tert-OH is 1. The Kier molecular flexibility index (Phi) is 2.10. The summed E-state index contributed by atoms with van der Waals surface area (Å²) >= 11 is 0. The Morgan fingerprint density at radius 1 is 1.46 bits per heavy atom. The van der Waals surface area contributed by atoms with Crippen LogP contribution in [0.2, 0.25) is 0 Å². The van der Waals surface area contributed by atoms with Crippen molar-refractivity contribution in [3.8, 4) is 0 Å². The van der Waals surface area contributed by atoms with E-state index in [1.807, 2.05) is 18.2 Å². The van der Waals surface area contributed by atoms with Crippen LogP contribution in [-0.2, 0) is 4.74 Å². The summed E-state index contributed by atoms with van der Waals surface area (Å²) in [5, 5.41) is 9.16. The predicted molar refractivity (Wildman–Crippen MR) is 50.6 cm³/mol. The van der Waals surface area contributed by atoms with Gasteiger partial charge in [-0.1, -0.05) is 30.3 Å². The molecule has 1 fully saturated rings. The maximum atomic E-state index is 9.16. The van der Waals surface area contributed by atoms with Gasteiger partial charge in [-0.15, -0.1) is 0 Å². The van der Waals surface area contributed by atoms with Crippen molar-refractivity contribution in [2.75, 3.05) is 13.7 Å². The number of rotatable bonds is 3. The lowest BCUT2D eigenvalue weighted by atomic mass is 10.1. The van der Waals surface area contributed by atoms with Gasteiger partial charge in [0.15, 0.2) is 0 Å². The molecule has 13 heavy (non-hydrogen) atoms. The molecule has 1 aliphatic carbocycles. The lowest BCUT2D eigenvalue weighted by Gasteiger charge is -2.11. The number of aliphatic hydroxyl groups is 1. The van der Waals surface area contributed by atoms with E-state index in [9.17, 15) is 0 Å². The summed E-state index contributed by atoms with van der Waals surface area (Å²) in [5.41, 5.74) is 0.972. The monoisotopic (exact) mass is 178 g/mol. The average Bonchev–Trinajstić information content (AvgIpc) is 2.95. The number of hydrogen-bond acceptors (Lipinski definition) is 2. The highest BCUT2D eigenvalue weighted by Gasteiger charge is 2.55. The molecule has 0 aliphatic heterocycles. The maximum absolute atomic E-state index is 9.16. The van der Waals surface area contributed by atoms with E-state index in [0.29, 0.717) is 5.92 Å². The molecule has 2 unspecified atom stereocenters. The molecule has 1 aromatic rings. The Hall–Kier alpha value is -0.860. The molecule has 1 N–H and O–H groups in total. The molecule has 1 saturated carbocycles. The summed E-state index contributed by atoms with van der Waals surface area (Å²) in [6.45, 7) is 0.114. The molecule has 0 bridgehead atoms. The van der Waals surface area contributed by atoms with Crippen molar-refractivity contribution in [2.45, 2.75) is 17.9 Å². The van der Waals surface area contributed by atoms with Gasteiger partial charge in [-0.2, -0.15) is 0 Å². The van der Waals surface area contributed by atoms with E-state index >= 15 is 0 Å². The maximum Gasteiger partial charge on any atom is 0.0984 e. The van der Waals surface area contributed by atoms with Gasteiger partial charge in [0.25, 0.3) is 0 Å². The third kappa shape index (κ3) is 1.36. The zero-order chi connectivity index (χ0) is 9.31. The van der Waals surface area contributed by atoms with E-state index in [1.165, 1.54) is 5.56 Å². The normalized spacial score (nSPS) is 31.7. The van der Waals surface area contributed by atoms with E-state index < -0.39 is 0 Å². The smallest absolute Gasteiger partial charge is 0.0984 e. The molecular formula is C11H14O2. The summed E-state index contributed by atoms with van der Waals surface area (Å²) in [6, 6.07) is 10.2. The number of hydrogen-bond donors (Lipinski definition) is 1. The Morgan fingerprint density at radius 2 is 2.15 bits per heavy atom. The molecule has 2 rings (SSSR count). The van der Waals surface area contributed by atoms with Crippen LogP contribution < -0.4 is 0 Å². The van der Waals surface area contributed by atoms with Crippen molar-refractivity contribution >= 4 is 0 Å². The van der Waals surface area contributed by atoms with Crippen molar-refractivity contribution in [2.24, 2.45) is 0 Å². The highest BCUT2D eigenvalue weighted by molar-refractivity contribution is 5.31. The third-order valence-corrected chi connectivity index (χ3v) is 2.90. The SMILES string of the molecule is COC1(CO)CC1c1ccccc1. The highest BCUT2D eigenvalue weighted by atomic mass is 16.5. The van der Waals surface area contributed by atoms with Crippen LogP contribution in [0.25, 0.3) is 0 Å². The summed E-state index contributed by atoms with van der Waals surface area (Å²) in [7, 11) is 1.67. The van der Waals surface area contributed by atoms with Crippen molar-refractivity contribution in [1.82, 2.24) is 0 Å². The van der Waals surface area contributed by atoms with Gasteiger partial charge in [0.1, 0.15) is 0 Å². The van der Waals surface area contributed by atoms with Gasteiger partial charge in [0, 0.05) is 13.0 Å². The van der Waals surface area contributed by atoms with Crippen LogP contribution in [0, 0.1) is 0 Å². The van der Waals surface area contributed by atoms with Gasteiger partial charge >= 0.3 is 0 Å². The number of methoxy groups -OCH3 is 1. The molecular weight excluding hydrogens is 164 g/mol. The van der Waals surface area contributed by atoms with Crippen molar-refractivity contribution in [3.05, 3.63) is 35.9 Å². The first-order valence-electron chi connectivity index (χ1n) is 4.53. The fraction of sp³-hybridized carbons (Fsp3) is 0.455. The molecule has 2 nitrogen and oxygen atoms in total. The fourth-order valence-corrected chi connectivity index (χ4v) is 1.86. The number of benzene rings is 1. The Balaban J connectivity index is 2.15. The molecule has 70 valence electrons. The molecule has 0 amide bonds. The van der Waals surface area contributed by atoms with E-state index in [4.69, 9.17) is 9.84 Å². The second kappa shape index (κ2) is 3.13. The van der Waals surface area contributed by atoms with Gasteiger partial charge in [-0.25, -0.2) is 0 Å². The average molecular weight is 178 g/mol. The summed E-state index contributed by atoms with van der Waals surface area (Å²) < 4.78 is 5.31. The molecule has 2 atom stereocenters. The first-order chi connectivity index (χ1) is 6.32. The molecule has 1 aromatic carbocycles. The molecule has 0 saturated heterocycles. The van der Waals surface area contributed by atoms with E-state index in [2.05, 4.69) is 12.1 Å². The topological polar surface area (TPSA) is 29.5 Å². The second-order valence-corrected chi connectivity index (χ2v) is 3.59. The van der Waals surface area contributed by atoms with Crippen LogP contribution >= 0.6 is 0 Å². The quantitative estimate of drug-likeness (QED) is 0.761. The first kappa shape index (κ1) is 8.73. The molecule has 1 aliphatic rings. The van der Waals surface area contributed by atoms with Crippen molar-refractivity contribution in [3.63, 3.8) is 0 Å². The summed E-state index contributed by atoms with van der Waals surface area (Å²) in [6.07, 6.45) is 0.935. The molecule has 0 heterocycles. The number of ether oxygens (including phenoxy) is 1. The molecule has 0 aromatic heterocycles. The first-order valence-corrected chi connectivity index (χ1v) is 4.53. The zero-order valence-electron chi connectivity index (χ0n) is 7.73. The Bertz CT molecular complexity index is 277. The summed E-state index contributed by atoms with van der Waals surface area (Å²) in [5.74, 6) is 0.378. The van der Waals surface area contributed by atoms with Gasteiger partial charge in [0.05, 0.1) is 12.2 Å². The minimum atomic E-state index is -0.290. The van der Waals surface area contributed by atoms with Gasteiger partial charge in [-0.3, -0.25) is 0 Å². The van der Waals surface area contributed by atoms with Gasteiger partial charge in [0.2, 0.25) is 0 Å². The fourth-order valence-electron chi connectivity index (χ4n) is 1.86. The van der Waals surface area contributed by atoms with E-state index in [1.54, 1.807) is 7.11 Å². The minimum Gasteiger partial charge on any atom is -0.393 e. The van der Waals surface area contributed by atoms with Crippen molar-refractivity contribution in [1.29, 1.82) is 0 Å². The van der Waals surface area contributed by atoms with Gasteiger partial charge < -0.3 is 9.84 Å². The van der Waals surface area contributed by atoms with Crippen LogP contribution in [0.1, 0.15) is 17.9 Å². The van der Waals surface area contributed by atoms with Gasteiger partial charge in [-0.05, 0) is 12.0 Å². The molecule has 0 radical (unpaired) electrons. The highest BCUT2D eigenvalue weighted by Crippen LogP contribution is 2.53. The minimum absolute atomic E-state index is 0.114. The van der Waals surface area contributed by atoms with Crippen LogP contribution in [0.4, 0.5) is 0 Å². The van der Waals surface area contributed by atoms with E-state index in [-0.39, 0.29) is 12.2 Å². The van der Waals surface area contributed by atoms with Crippen molar-refractivity contribution < 1.29 is 9.84 Å². The van der Waals surface area contributed by atoms with Crippen LogP contribution in [0.5, 0.6) is 0 Å². The Morgan fingerprint density at radius 3 is 2.62 bits per heavy atom. The lowest BCUT2D eigenvalue weighted by molar-refractivity contribution is 0.0232. The zero-order valence-corrected chi connectivity index (χ0v) is 7.73. The van der Waals surface area contributed by atoms with E-state index in [0.717, 1.165) is 6.42 Å². The standard InChI is InChI=1S/C11H14O2/c1-13-11(8-12)7-10(11)9-5-3-2-4-6-9/h2-6,10,12H,7-8H2,1H3. The van der Waals surface area contributed by atoms with Crippen LogP contribution in [-0.4, -0.2) is 24.4 Å². The van der Waals surface area contributed by atoms with Crippen LogP contribution in [0.15, 0.2) is 30.3 Å². The second-order valence-electron chi connectivity index (χ2n) is 3.59.